The maximum atomic E-state index is 12.5. The summed E-state index contributed by atoms with van der Waals surface area (Å²) in [4.78, 5) is 36.2. The van der Waals surface area contributed by atoms with Gasteiger partial charge < -0.3 is 14.2 Å². The van der Waals surface area contributed by atoms with Gasteiger partial charge in [0.25, 0.3) is 0 Å². The predicted octanol–water partition coefficient (Wildman–Crippen LogP) is 3.84. The summed E-state index contributed by atoms with van der Waals surface area (Å²) in [6.07, 6.45) is 6.07. The summed E-state index contributed by atoms with van der Waals surface area (Å²) in [5, 5.41) is 0. The summed E-state index contributed by atoms with van der Waals surface area (Å²) in [5.41, 5.74) is -0.516. The van der Waals surface area contributed by atoms with Crippen molar-refractivity contribution in [1.29, 1.82) is 0 Å². The average Bonchev–Trinajstić information content (AvgIpc) is 3.22. The molecule has 6 heteroatoms. The Morgan fingerprint density at radius 1 is 0.935 bits per heavy atom. The van der Waals surface area contributed by atoms with Gasteiger partial charge in [-0.15, -0.1) is 0 Å². The van der Waals surface area contributed by atoms with Crippen molar-refractivity contribution in [3.05, 3.63) is 0 Å². The lowest BCUT2D eigenvalue weighted by Crippen LogP contribution is -2.63. The van der Waals surface area contributed by atoms with Crippen LogP contribution in [0.3, 0.4) is 0 Å². The first kappa shape index (κ1) is 21.4. The number of rotatable bonds is 3. The van der Waals surface area contributed by atoms with Crippen molar-refractivity contribution in [3.8, 4) is 0 Å². The van der Waals surface area contributed by atoms with Crippen LogP contribution in [0.5, 0.6) is 0 Å². The Kier molecular flexibility index (Phi) is 4.69. The molecule has 1 heterocycles. The van der Waals surface area contributed by atoms with E-state index in [4.69, 9.17) is 14.2 Å². The molecule has 4 aliphatic carbocycles. The van der Waals surface area contributed by atoms with Gasteiger partial charge >= 0.3 is 11.9 Å². The Balaban J connectivity index is 1.51. The maximum absolute atomic E-state index is 12.5. The van der Waals surface area contributed by atoms with Gasteiger partial charge in [-0.3, -0.25) is 14.4 Å². The topological polar surface area (TPSA) is 82.2 Å². The highest BCUT2D eigenvalue weighted by atomic mass is 16.6. The van der Waals surface area contributed by atoms with Crippen LogP contribution in [0.1, 0.15) is 79.6 Å². The van der Waals surface area contributed by atoms with E-state index in [0.717, 1.165) is 44.9 Å². The molecule has 0 aromatic carbocycles. The number of carbonyl (C=O) groups is 3. The summed E-state index contributed by atoms with van der Waals surface area (Å²) < 4.78 is 18.1. The van der Waals surface area contributed by atoms with E-state index < -0.39 is 0 Å². The van der Waals surface area contributed by atoms with Crippen LogP contribution in [0.15, 0.2) is 0 Å². The number of Topliss-reactive ketones (excluding diaryl/α,β-unsaturated/α-hetero) is 1. The van der Waals surface area contributed by atoms with Crippen molar-refractivity contribution >= 4 is 17.7 Å². The number of epoxide rings is 1. The van der Waals surface area contributed by atoms with E-state index in [9.17, 15) is 14.4 Å². The maximum Gasteiger partial charge on any atom is 0.302 e. The van der Waals surface area contributed by atoms with Gasteiger partial charge in [0.05, 0.1) is 6.10 Å². The fourth-order valence-electron chi connectivity index (χ4n) is 9.05. The van der Waals surface area contributed by atoms with Gasteiger partial charge in [0, 0.05) is 37.5 Å². The molecule has 0 amide bonds. The normalized spacial score (nSPS) is 52.1. The lowest BCUT2D eigenvalue weighted by molar-refractivity contribution is -0.194. The molecular weight excluding hydrogens is 396 g/mol. The highest BCUT2D eigenvalue weighted by Gasteiger charge is 2.78. The van der Waals surface area contributed by atoms with Gasteiger partial charge in [-0.25, -0.2) is 0 Å². The fraction of sp³-hybridized carbons (Fsp3) is 0.880. The molecule has 5 rings (SSSR count). The van der Waals surface area contributed by atoms with Crippen molar-refractivity contribution in [2.24, 2.45) is 34.5 Å². The van der Waals surface area contributed by atoms with Gasteiger partial charge in [-0.05, 0) is 62.7 Å². The molecule has 0 aromatic rings. The van der Waals surface area contributed by atoms with E-state index in [1.807, 2.05) is 0 Å². The van der Waals surface area contributed by atoms with Crippen LogP contribution in [0.25, 0.3) is 0 Å². The quantitative estimate of drug-likeness (QED) is 0.498. The van der Waals surface area contributed by atoms with Crippen LogP contribution < -0.4 is 0 Å². The molecule has 31 heavy (non-hydrogen) atoms. The van der Waals surface area contributed by atoms with Crippen molar-refractivity contribution in [3.63, 3.8) is 0 Å². The summed E-state index contributed by atoms with van der Waals surface area (Å²) in [6.45, 7) is 9.27. The zero-order chi connectivity index (χ0) is 22.3. The number of ether oxygens (including phenoxy) is 3. The smallest absolute Gasteiger partial charge is 0.302 e. The second kappa shape index (κ2) is 6.79. The molecule has 1 aliphatic heterocycles. The molecule has 0 bridgehead atoms. The SMILES string of the molecule is CC(=O)O[C@@H]1CC[C@]2(C)[C@@H]3[C@H](C[C@@H]4O[C@@]42C1)[C@@H]1CC[C@H](C(C)=O)[C@]1(C)C[C@H]3OC(C)=O. The second-order valence-electron chi connectivity index (χ2n) is 11.5. The molecule has 1 saturated heterocycles. The molecule has 0 radical (unpaired) electrons. The Labute approximate surface area is 184 Å². The lowest BCUT2D eigenvalue weighted by atomic mass is 9.43. The van der Waals surface area contributed by atoms with Crippen LogP contribution in [-0.4, -0.2) is 41.6 Å². The third kappa shape index (κ3) is 2.89. The third-order valence-electron chi connectivity index (χ3n) is 10.1. The Bertz CT molecular complexity index is 823. The van der Waals surface area contributed by atoms with Gasteiger partial charge in [-0.2, -0.15) is 0 Å². The minimum absolute atomic E-state index is 0.0517. The molecule has 1 spiro atoms. The van der Waals surface area contributed by atoms with Crippen molar-refractivity contribution in [2.45, 2.75) is 103 Å². The fourth-order valence-corrected chi connectivity index (χ4v) is 9.05. The van der Waals surface area contributed by atoms with Crippen molar-refractivity contribution in [2.75, 3.05) is 0 Å². The van der Waals surface area contributed by atoms with Crippen LogP contribution in [0.4, 0.5) is 0 Å². The molecule has 5 fully saturated rings. The average molecular weight is 433 g/mol. The zero-order valence-corrected chi connectivity index (χ0v) is 19.4. The number of carbonyl (C=O) groups excluding carboxylic acids is 3. The minimum atomic E-state index is -0.281. The molecule has 0 unspecified atom stereocenters. The van der Waals surface area contributed by atoms with E-state index in [2.05, 4.69) is 13.8 Å². The largest absolute Gasteiger partial charge is 0.462 e. The zero-order valence-electron chi connectivity index (χ0n) is 19.4. The number of ketones is 1. The summed E-state index contributed by atoms with van der Waals surface area (Å²) in [7, 11) is 0. The molecule has 0 aromatic heterocycles. The summed E-state index contributed by atoms with van der Waals surface area (Å²) in [5.74, 6) is 0.919. The number of esters is 2. The molecular formula is C25H36O6. The molecule has 6 nitrogen and oxygen atoms in total. The Morgan fingerprint density at radius 2 is 1.65 bits per heavy atom. The molecule has 0 N–H and O–H groups in total. The van der Waals surface area contributed by atoms with Crippen molar-refractivity contribution in [1.82, 2.24) is 0 Å². The van der Waals surface area contributed by atoms with Gasteiger partial charge in [-0.1, -0.05) is 13.8 Å². The first-order valence-corrected chi connectivity index (χ1v) is 12.0. The second-order valence-corrected chi connectivity index (χ2v) is 11.5. The third-order valence-corrected chi connectivity index (χ3v) is 10.1. The highest BCUT2D eigenvalue weighted by molar-refractivity contribution is 5.79. The number of hydrogen-bond donors (Lipinski definition) is 0. The van der Waals surface area contributed by atoms with E-state index in [1.165, 1.54) is 13.8 Å². The van der Waals surface area contributed by atoms with Crippen molar-refractivity contribution < 1.29 is 28.6 Å². The highest BCUT2D eigenvalue weighted by Crippen LogP contribution is 2.74. The predicted molar refractivity (Wildman–Crippen MR) is 112 cm³/mol. The van der Waals surface area contributed by atoms with Crippen LogP contribution in [-0.2, 0) is 28.6 Å². The minimum Gasteiger partial charge on any atom is -0.462 e. The van der Waals surface area contributed by atoms with Crippen LogP contribution in [0, 0.1) is 34.5 Å². The molecule has 4 saturated carbocycles. The van der Waals surface area contributed by atoms with Gasteiger partial charge in [0.1, 0.15) is 23.6 Å². The molecule has 10 atom stereocenters. The van der Waals surface area contributed by atoms with E-state index in [-0.39, 0.29) is 64.3 Å². The van der Waals surface area contributed by atoms with Gasteiger partial charge in [0.2, 0.25) is 0 Å². The first-order valence-electron chi connectivity index (χ1n) is 12.0. The summed E-state index contributed by atoms with van der Waals surface area (Å²) >= 11 is 0. The summed E-state index contributed by atoms with van der Waals surface area (Å²) in [6, 6.07) is 0. The standard InChI is InChI=1S/C25H36O6/c1-13(26)18-6-7-19-17-10-21-25(31-21)11-16(29-14(2)27)8-9-24(25,5)22(17)20(30-15(3)28)12-23(18,19)4/h16-22H,6-12H2,1-5H3/t16-,17-,18-,19+,20-,21+,22-,23+,24-,25+/m1/s1. The van der Waals surface area contributed by atoms with E-state index in [1.54, 1.807) is 6.92 Å². The van der Waals surface area contributed by atoms with E-state index >= 15 is 0 Å². The molecule has 5 aliphatic rings. The Morgan fingerprint density at radius 3 is 2.29 bits per heavy atom. The Hall–Kier alpha value is -1.43. The number of hydrogen-bond acceptors (Lipinski definition) is 6. The lowest BCUT2D eigenvalue weighted by Gasteiger charge is -2.61. The monoisotopic (exact) mass is 432 g/mol. The van der Waals surface area contributed by atoms with Crippen LogP contribution >= 0.6 is 0 Å². The first-order chi connectivity index (χ1) is 14.5. The van der Waals surface area contributed by atoms with E-state index in [0.29, 0.717) is 11.8 Å². The number of fused-ring (bicyclic) bond motifs is 4. The molecule has 172 valence electrons. The van der Waals surface area contributed by atoms with Gasteiger partial charge in [0.15, 0.2) is 0 Å². The van der Waals surface area contributed by atoms with Crippen LogP contribution in [0.2, 0.25) is 0 Å².